The average Bonchev–Trinajstić information content (AvgIpc) is 2.61. The number of piperazine rings is 1. The molecule has 2 aromatic rings. The largest absolute Gasteiger partial charge is 0.360 e. The second-order valence-corrected chi connectivity index (χ2v) is 8.54. The molecule has 0 saturated carbocycles. The van der Waals surface area contributed by atoms with E-state index in [1.165, 1.54) is 12.1 Å². The van der Waals surface area contributed by atoms with Gasteiger partial charge in [0.05, 0.1) is 11.4 Å². The Morgan fingerprint density at radius 3 is 2.48 bits per heavy atom. The number of carbonyl (C=O) groups excluding carboxylic acids is 2. The molecule has 3 rings (SSSR count). The molecular weight excluding hydrogens is 366 g/mol. The van der Waals surface area contributed by atoms with E-state index < -0.39 is 9.84 Å². The van der Waals surface area contributed by atoms with Gasteiger partial charge in [0, 0.05) is 36.3 Å². The minimum absolute atomic E-state index is 0.0140. The van der Waals surface area contributed by atoms with Crippen LogP contribution in [0.15, 0.2) is 47.4 Å². The number of aryl methyl sites for hydroxylation is 1. The van der Waals surface area contributed by atoms with E-state index in [0.717, 1.165) is 18.5 Å². The molecular formula is C19H21N3O4S. The maximum absolute atomic E-state index is 12.6. The van der Waals surface area contributed by atoms with Crippen LogP contribution in [-0.2, 0) is 14.6 Å². The molecule has 1 fully saturated rings. The highest BCUT2D eigenvalue weighted by atomic mass is 32.2. The highest BCUT2D eigenvalue weighted by molar-refractivity contribution is 7.90. The molecule has 2 aromatic carbocycles. The molecule has 7 nitrogen and oxygen atoms in total. The maximum Gasteiger partial charge on any atom is 0.255 e. The van der Waals surface area contributed by atoms with Crippen molar-refractivity contribution in [2.75, 3.05) is 36.1 Å². The highest BCUT2D eigenvalue weighted by Gasteiger charge is 2.17. The van der Waals surface area contributed by atoms with E-state index in [2.05, 4.69) is 10.6 Å². The molecule has 142 valence electrons. The van der Waals surface area contributed by atoms with Gasteiger partial charge in [-0.2, -0.15) is 0 Å². The van der Waals surface area contributed by atoms with Gasteiger partial charge in [0.2, 0.25) is 5.91 Å². The number of benzene rings is 2. The summed E-state index contributed by atoms with van der Waals surface area (Å²) in [6, 6.07) is 11.7. The van der Waals surface area contributed by atoms with E-state index in [4.69, 9.17) is 0 Å². The summed E-state index contributed by atoms with van der Waals surface area (Å²) >= 11 is 0. The smallest absolute Gasteiger partial charge is 0.255 e. The van der Waals surface area contributed by atoms with Crippen molar-refractivity contribution in [3.8, 4) is 0 Å². The van der Waals surface area contributed by atoms with E-state index in [0.29, 0.717) is 29.9 Å². The molecule has 0 aromatic heterocycles. The van der Waals surface area contributed by atoms with Crippen LogP contribution in [0.1, 0.15) is 15.9 Å². The van der Waals surface area contributed by atoms with Crippen LogP contribution in [0.25, 0.3) is 0 Å². The first-order chi connectivity index (χ1) is 12.7. The number of hydrogen-bond donors (Lipinski definition) is 2. The summed E-state index contributed by atoms with van der Waals surface area (Å²) in [6.07, 6.45) is 1.11. The Morgan fingerprint density at radius 1 is 1.15 bits per heavy atom. The molecule has 0 spiro atoms. The lowest BCUT2D eigenvalue weighted by Crippen LogP contribution is -2.47. The molecule has 8 heteroatoms. The lowest BCUT2D eigenvalue weighted by molar-refractivity contribution is -0.120. The third kappa shape index (κ3) is 4.46. The van der Waals surface area contributed by atoms with Crippen molar-refractivity contribution in [3.63, 3.8) is 0 Å². The Bertz CT molecular complexity index is 985. The van der Waals surface area contributed by atoms with E-state index in [1.54, 1.807) is 25.1 Å². The molecule has 0 aliphatic carbocycles. The van der Waals surface area contributed by atoms with Gasteiger partial charge in [0.25, 0.3) is 5.91 Å². The van der Waals surface area contributed by atoms with Crippen molar-refractivity contribution < 1.29 is 18.0 Å². The van der Waals surface area contributed by atoms with Crippen LogP contribution in [0.4, 0.5) is 11.4 Å². The quantitative estimate of drug-likeness (QED) is 0.831. The van der Waals surface area contributed by atoms with Gasteiger partial charge in [-0.15, -0.1) is 0 Å². The van der Waals surface area contributed by atoms with Gasteiger partial charge < -0.3 is 15.5 Å². The fourth-order valence-corrected chi connectivity index (χ4v) is 3.54. The molecule has 0 atom stereocenters. The van der Waals surface area contributed by atoms with Crippen molar-refractivity contribution in [3.05, 3.63) is 53.6 Å². The zero-order chi connectivity index (χ0) is 19.6. The van der Waals surface area contributed by atoms with Crippen molar-refractivity contribution in [1.29, 1.82) is 0 Å². The summed E-state index contributed by atoms with van der Waals surface area (Å²) in [6.45, 7) is 3.40. The van der Waals surface area contributed by atoms with Crippen LogP contribution in [-0.4, -0.2) is 46.1 Å². The average molecular weight is 387 g/mol. The molecule has 1 aliphatic rings. The lowest BCUT2D eigenvalue weighted by Gasteiger charge is -2.28. The lowest BCUT2D eigenvalue weighted by atomic mass is 10.1. The van der Waals surface area contributed by atoms with Crippen molar-refractivity contribution >= 4 is 33.0 Å². The van der Waals surface area contributed by atoms with Crippen LogP contribution < -0.4 is 15.5 Å². The second-order valence-electron chi connectivity index (χ2n) is 6.52. The van der Waals surface area contributed by atoms with Crippen LogP contribution in [0.5, 0.6) is 0 Å². The minimum Gasteiger partial charge on any atom is -0.360 e. The van der Waals surface area contributed by atoms with Gasteiger partial charge in [-0.3, -0.25) is 9.59 Å². The monoisotopic (exact) mass is 387 g/mol. The molecule has 0 radical (unpaired) electrons. The Hall–Kier alpha value is -2.87. The van der Waals surface area contributed by atoms with Gasteiger partial charge in [-0.1, -0.05) is 6.07 Å². The van der Waals surface area contributed by atoms with Crippen molar-refractivity contribution in [2.45, 2.75) is 11.8 Å². The number of nitrogens with one attached hydrogen (secondary N) is 2. The van der Waals surface area contributed by atoms with Gasteiger partial charge in [0.15, 0.2) is 9.84 Å². The molecule has 0 bridgehead atoms. The number of anilines is 2. The Balaban J connectivity index is 1.76. The van der Waals surface area contributed by atoms with Gasteiger partial charge in [0.1, 0.15) is 0 Å². The summed E-state index contributed by atoms with van der Waals surface area (Å²) in [4.78, 5) is 26.1. The van der Waals surface area contributed by atoms with Crippen molar-refractivity contribution in [1.82, 2.24) is 5.32 Å². The normalized spacial score (nSPS) is 14.6. The second kappa shape index (κ2) is 7.40. The summed E-state index contributed by atoms with van der Waals surface area (Å²) in [5, 5.41) is 5.56. The Morgan fingerprint density at radius 2 is 1.85 bits per heavy atom. The minimum atomic E-state index is -3.39. The fraction of sp³-hybridized carbons (Fsp3) is 0.263. The fourth-order valence-electron chi connectivity index (χ4n) is 2.89. The van der Waals surface area contributed by atoms with E-state index >= 15 is 0 Å². The van der Waals surface area contributed by atoms with Gasteiger partial charge in [-0.05, 0) is 48.9 Å². The SMILES string of the molecule is Cc1ccc(S(C)(=O)=O)cc1C(=O)Nc1ccc(N2CCNC(=O)C2)cc1. The third-order valence-corrected chi connectivity index (χ3v) is 5.52. The van der Waals surface area contributed by atoms with Crippen molar-refractivity contribution in [2.24, 2.45) is 0 Å². The first kappa shape index (κ1) is 18.9. The molecule has 1 aliphatic heterocycles. The topological polar surface area (TPSA) is 95.6 Å². The summed E-state index contributed by atoms with van der Waals surface area (Å²) in [7, 11) is -3.39. The van der Waals surface area contributed by atoms with Gasteiger partial charge in [-0.25, -0.2) is 8.42 Å². The third-order valence-electron chi connectivity index (χ3n) is 4.41. The highest BCUT2D eigenvalue weighted by Crippen LogP contribution is 2.21. The number of carbonyl (C=O) groups is 2. The molecule has 1 heterocycles. The standard InChI is InChI=1S/C19H21N3O4S/c1-13-3-8-16(27(2,25)26)11-17(13)19(24)21-14-4-6-15(7-5-14)22-10-9-20-18(23)12-22/h3-8,11H,9-10,12H2,1-2H3,(H,20,23)(H,21,24). The van der Waals surface area contributed by atoms with E-state index in [9.17, 15) is 18.0 Å². The molecule has 2 N–H and O–H groups in total. The van der Waals surface area contributed by atoms with Gasteiger partial charge >= 0.3 is 0 Å². The van der Waals surface area contributed by atoms with Crippen LogP contribution in [0, 0.1) is 6.92 Å². The first-order valence-electron chi connectivity index (χ1n) is 8.48. The Kier molecular flexibility index (Phi) is 5.18. The number of hydrogen-bond acceptors (Lipinski definition) is 5. The Labute approximate surface area is 158 Å². The van der Waals surface area contributed by atoms with E-state index in [1.807, 2.05) is 17.0 Å². The number of amides is 2. The van der Waals surface area contributed by atoms with Crippen LogP contribution in [0.3, 0.4) is 0 Å². The molecule has 2 amide bonds. The molecule has 27 heavy (non-hydrogen) atoms. The predicted octanol–water partition coefficient (Wildman–Crippen LogP) is 1.59. The molecule has 1 saturated heterocycles. The summed E-state index contributed by atoms with van der Waals surface area (Å²) in [5.74, 6) is -0.386. The number of rotatable bonds is 4. The summed E-state index contributed by atoms with van der Waals surface area (Å²) in [5.41, 5.74) is 2.50. The van der Waals surface area contributed by atoms with E-state index in [-0.39, 0.29) is 16.7 Å². The first-order valence-corrected chi connectivity index (χ1v) is 10.4. The number of nitrogens with zero attached hydrogens (tertiary/aromatic N) is 1. The number of sulfone groups is 1. The zero-order valence-corrected chi connectivity index (χ0v) is 16.0. The zero-order valence-electron chi connectivity index (χ0n) is 15.2. The predicted molar refractivity (Wildman–Crippen MR) is 104 cm³/mol. The molecule has 0 unspecified atom stereocenters. The van der Waals surface area contributed by atoms with Crippen LogP contribution in [0.2, 0.25) is 0 Å². The summed E-state index contributed by atoms with van der Waals surface area (Å²) < 4.78 is 23.4. The maximum atomic E-state index is 12.6. The van der Waals surface area contributed by atoms with Crippen LogP contribution >= 0.6 is 0 Å².